The van der Waals surface area contributed by atoms with E-state index in [0.29, 0.717) is 34.9 Å². The molecular formula is C90H64N8. The molecule has 0 aliphatic heterocycles. The summed E-state index contributed by atoms with van der Waals surface area (Å²) in [5, 5.41) is 5.20. The zero-order chi connectivity index (χ0) is 65.9. The topological polar surface area (TPSA) is 103 Å². The highest BCUT2D eigenvalue weighted by molar-refractivity contribution is 6.03. The lowest BCUT2D eigenvalue weighted by Gasteiger charge is -2.23. The number of nitrogens with zero attached hydrogens (tertiary/aromatic N) is 8. The number of pyridine rings is 2. The van der Waals surface area contributed by atoms with Crippen molar-refractivity contribution in [1.29, 1.82) is 0 Å². The molecule has 4 aromatic heterocycles. The lowest BCUT2D eigenvalue weighted by molar-refractivity contribution is 0.661. The van der Waals surface area contributed by atoms with Gasteiger partial charge in [0.25, 0.3) is 0 Å². The summed E-state index contributed by atoms with van der Waals surface area (Å²) in [6.45, 7) is 9.36. The van der Waals surface area contributed by atoms with Gasteiger partial charge in [-0.05, 0) is 147 Å². The maximum atomic E-state index is 4.98. The van der Waals surface area contributed by atoms with E-state index in [1.54, 1.807) is 24.8 Å². The summed E-state index contributed by atoms with van der Waals surface area (Å²) in [6, 6.07) is 103. The van der Waals surface area contributed by atoms with Crippen molar-refractivity contribution in [3.63, 3.8) is 0 Å². The zero-order valence-electron chi connectivity index (χ0n) is 54.6. The third-order valence-electron chi connectivity index (χ3n) is 19.7. The van der Waals surface area contributed by atoms with Gasteiger partial charge >= 0.3 is 0 Å². The van der Waals surface area contributed by atoms with Crippen LogP contribution in [0.15, 0.2) is 316 Å². The van der Waals surface area contributed by atoms with Crippen LogP contribution in [-0.2, 0) is 10.8 Å². The molecule has 4 heterocycles. The van der Waals surface area contributed by atoms with Crippen LogP contribution in [0.25, 0.3) is 157 Å². The van der Waals surface area contributed by atoms with Crippen molar-refractivity contribution in [2.45, 2.75) is 38.5 Å². The second-order valence-electron chi connectivity index (χ2n) is 26.3. The lowest BCUT2D eigenvalue weighted by Crippen LogP contribution is -2.15. The zero-order valence-corrected chi connectivity index (χ0v) is 54.6. The van der Waals surface area contributed by atoms with E-state index in [1.807, 2.05) is 36.4 Å². The van der Waals surface area contributed by atoms with E-state index in [4.69, 9.17) is 29.9 Å². The smallest absolute Gasteiger partial charge is 0.165 e. The first-order chi connectivity index (χ1) is 48.1. The van der Waals surface area contributed by atoms with Crippen molar-refractivity contribution in [2.24, 2.45) is 0 Å². The van der Waals surface area contributed by atoms with Gasteiger partial charge in [0.1, 0.15) is 0 Å². The summed E-state index contributed by atoms with van der Waals surface area (Å²) < 4.78 is 0. The molecule has 0 saturated heterocycles. The van der Waals surface area contributed by atoms with Crippen molar-refractivity contribution in [1.82, 2.24) is 39.9 Å². The Balaban J connectivity index is 0.000000147. The lowest BCUT2D eigenvalue weighted by atomic mass is 9.80. The minimum Gasteiger partial charge on any atom is -0.265 e. The largest absolute Gasteiger partial charge is 0.265 e. The minimum atomic E-state index is -0.0713. The molecule has 0 N–H and O–H groups in total. The van der Waals surface area contributed by atoms with Crippen molar-refractivity contribution in [2.75, 3.05) is 0 Å². The SMILES string of the molecule is CC1(C)c2ccc(-c3ccc(-c4nc(-c5ccc(-c6ccccc6)cc5)nc(-c5cccnc5)n4)cc3)cc2-c2ccc3ccccc3c21.CC1(C)c2ccc(-c3ccc(-c4nc(-c5ccncc5)nc(-c5ccc(-c6ccccc6)cc5)n4)cc3)cc2-c2c1ccc1ccccc21. The van der Waals surface area contributed by atoms with Crippen LogP contribution in [0.5, 0.6) is 0 Å². The van der Waals surface area contributed by atoms with Gasteiger partial charge in [-0.3, -0.25) is 9.97 Å². The predicted molar refractivity (Wildman–Crippen MR) is 400 cm³/mol. The van der Waals surface area contributed by atoms with E-state index in [0.717, 1.165) is 55.6 Å². The number of rotatable bonds is 10. The van der Waals surface area contributed by atoms with Crippen LogP contribution in [0, 0.1) is 0 Å². The summed E-state index contributed by atoms with van der Waals surface area (Å²) in [5.41, 5.74) is 25.5. The molecule has 2 aliphatic carbocycles. The van der Waals surface area contributed by atoms with Gasteiger partial charge in [0.15, 0.2) is 34.9 Å². The summed E-state index contributed by atoms with van der Waals surface area (Å²) >= 11 is 0. The van der Waals surface area contributed by atoms with Gasteiger partial charge in [-0.2, -0.15) is 0 Å². The van der Waals surface area contributed by atoms with Gasteiger partial charge in [-0.15, -0.1) is 0 Å². The molecule has 18 rings (SSSR count). The van der Waals surface area contributed by atoms with Crippen molar-refractivity contribution < 1.29 is 0 Å². The van der Waals surface area contributed by atoms with Crippen LogP contribution < -0.4 is 0 Å². The van der Waals surface area contributed by atoms with Crippen molar-refractivity contribution >= 4 is 21.5 Å². The van der Waals surface area contributed by atoms with Gasteiger partial charge in [0, 0.05) is 69.0 Å². The van der Waals surface area contributed by atoms with Crippen molar-refractivity contribution in [3.05, 3.63) is 338 Å². The Hall–Kier alpha value is -12.5. The van der Waals surface area contributed by atoms with Crippen LogP contribution in [0.2, 0.25) is 0 Å². The van der Waals surface area contributed by atoms with E-state index in [1.165, 1.54) is 88.3 Å². The molecular weight excluding hydrogens is 1190 g/mol. The Morgan fingerprint density at radius 3 is 1.07 bits per heavy atom. The highest BCUT2D eigenvalue weighted by atomic mass is 15.0. The molecule has 0 saturated carbocycles. The highest BCUT2D eigenvalue weighted by Crippen LogP contribution is 2.54. The Morgan fingerprint density at radius 2 is 0.582 bits per heavy atom. The third kappa shape index (κ3) is 10.8. The average Bonchev–Trinajstić information content (AvgIpc) is 1.57. The quantitative estimate of drug-likeness (QED) is 0.133. The normalized spacial score (nSPS) is 12.9. The molecule has 98 heavy (non-hydrogen) atoms. The standard InChI is InChI=1S/2C45H32N4/c1-45(2)40-25-23-35(27-39(40)38-24-22-32-11-6-7-13-37(32)41(38)45)31-16-20-34(21-17-31)43-47-42(48-44(49-43)36-12-8-26-46-28-36)33-18-14-30(15-19-33)29-9-4-3-5-10-29;1-45(2)39-22-21-36(28-38(39)41-37-11-7-6-10-32(37)20-23-40(41)45)31-14-18-34(19-15-31)43-47-42(48-44(49-43)35-24-26-46-27-25-35)33-16-12-30(13-17-33)29-8-4-3-5-9-29/h2*3-28H,1-2H3. The molecule has 0 radical (unpaired) electrons. The first-order valence-corrected chi connectivity index (χ1v) is 33.3. The monoisotopic (exact) mass is 1260 g/mol. The number of aromatic nitrogens is 8. The third-order valence-corrected chi connectivity index (χ3v) is 19.7. The van der Waals surface area contributed by atoms with Gasteiger partial charge in [0.05, 0.1) is 0 Å². The van der Waals surface area contributed by atoms with Crippen LogP contribution in [0.3, 0.4) is 0 Å². The fourth-order valence-corrected chi connectivity index (χ4v) is 14.5. The van der Waals surface area contributed by atoms with E-state index in [9.17, 15) is 0 Å². The molecule has 0 fully saturated rings. The summed E-state index contributed by atoms with van der Waals surface area (Å²) in [6.07, 6.45) is 7.08. The average molecular weight is 1260 g/mol. The first kappa shape index (κ1) is 59.2. The first-order valence-electron chi connectivity index (χ1n) is 33.3. The fourth-order valence-electron chi connectivity index (χ4n) is 14.5. The van der Waals surface area contributed by atoms with Gasteiger partial charge in [0.2, 0.25) is 0 Å². The maximum Gasteiger partial charge on any atom is 0.165 e. The molecule has 8 heteroatoms. The van der Waals surface area contributed by atoms with E-state index >= 15 is 0 Å². The van der Waals surface area contributed by atoms with Crippen LogP contribution in [-0.4, -0.2) is 39.9 Å². The molecule has 0 unspecified atom stereocenters. The Labute approximate surface area is 569 Å². The van der Waals surface area contributed by atoms with Crippen molar-refractivity contribution in [3.8, 4) is 135 Å². The molecule has 16 aromatic rings. The number of hydrogen-bond donors (Lipinski definition) is 0. The molecule has 0 spiro atoms. The number of benzene rings is 12. The van der Waals surface area contributed by atoms with E-state index in [-0.39, 0.29) is 10.8 Å². The number of hydrogen-bond acceptors (Lipinski definition) is 8. The molecule has 0 amide bonds. The Morgan fingerprint density at radius 1 is 0.224 bits per heavy atom. The van der Waals surface area contributed by atoms with Crippen LogP contribution in [0.4, 0.5) is 0 Å². The van der Waals surface area contributed by atoms with Crippen LogP contribution >= 0.6 is 0 Å². The molecule has 2 aliphatic rings. The Bertz CT molecular complexity index is 5680. The second-order valence-corrected chi connectivity index (χ2v) is 26.3. The molecule has 0 bridgehead atoms. The Kier molecular flexibility index (Phi) is 14.7. The van der Waals surface area contributed by atoms with Crippen LogP contribution in [0.1, 0.15) is 49.9 Å². The van der Waals surface area contributed by atoms with E-state index < -0.39 is 0 Å². The summed E-state index contributed by atoms with van der Waals surface area (Å²) in [5.74, 6) is 3.72. The maximum absolute atomic E-state index is 4.98. The summed E-state index contributed by atoms with van der Waals surface area (Å²) in [7, 11) is 0. The minimum absolute atomic E-state index is 0.0537. The van der Waals surface area contributed by atoms with Gasteiger partial charge < -0.3 is 0 Å². The number of fused-ring (bicyclic) bond motifs is 10. The molecule has 12 aromatic carbocycles. The predicted octanol–water partition coefficient (Wildman–Crippen LogP) is 22.1. The van der Waals surface area contributed by atoms with E-state index in [2.05, 4.69) is 292 Å². The summed E-state index contributed by atoms with van der Waals surface area (Å²) in [4.78, 5) is 38.1. The molecule has 0 atom stereocenters. The molecule has 8 nitrogen and oxygen atoms in total. The molecule has 464 valence electrons. The second kappa shape index (κ2) is 24.4. The van der Waals surface area contributed by atoms with Gasteiger partial charge in [-0.25, -0.2) is 29.9 Å². The fraction of sp³-hybridized carbons (Fsp3) is 0.0667. The highest BCUT2D eigenvalue weighted by Gasteiger charge is 2.38. The van der Waals surface area contributed by atoms with Gasteiger partial charge in [-0.1, -0.05) is 282 Å².